The smallest absolute Gasteiger partial charge is 0.409 e. The van der Waals surface area contributed by atoms with Gasteiger partial charge in [-0.05, 0) is 86.3 Å². The van der Waals surface area contributed by atoms with Crippen molar-refractivity contribution >= 4 is 27.7 Å². The van der Waals surface area contributed by atoms with E-state index in [4.69, 9.17) is 4.74 Å². The molecule has 1 aromatic rings. The maximum atomic E-state index is 13.0. The highest BCUT2D eigenvalue weighted by Gasteiger charge is 2.51. The summed E-state index contributed by atoms with van der Waals surface area (Å²) in [5.74, 6) is 2.27. The van der Waals surface area contributed by atoms with Crippen molar-refractivity contribution in [2.24, 2.45) is 17.8 Å². The Balaban J connectivity index is 1.27. The summed E-state index contributed by atoms with van der Waals surface area (Å²) in [6.07, 6.45) is 8.68. The van der Waals surface area contributed by atoms with Gasteiger partial charge in [0.15, 0.2) is 0 Å². The Morgan fingerprint density at radius 1 is 0.943 bits per heavy atom. The van der Waals surface area contributed by atoms with Gasteiger partial charge in [0.1, 0.15) is 6.54 Å². The van der Waals surface area contributed by atoms with Crippen molar-refractivity contribution in [2.45, 2.75) is 50.9 Å². The minimum absolute atomic E-state index is 0.241. The molecular weight excluding hydrogens is 466 g/mol. The molecule has 0 radical (unpaired) electrons. The Labute approximate surface area is 208 Å². The molecule has 4 bridgehead atoms. The highest BCUT2D eigenvalue weighted by Crippen LogP contribution is 2.60. The zero-order chi connectivity index (χ0) is 24.8. The monoisotopic (exact) mass is 503 g/mol. The van der Waals surface area contributed by atoms with Gasteiger partial charge >= 0.3 is 6.09 Å². The van der Waals surface area contributed by atoms with Crippen LogP contribution in [0.25, 0.3) is 0 Å². The number of carbonyl (C=O) groups excluding carboxylic acids is 2. The predicted octanol–water partition coefficient (Wildman–Crippen LogP) is 3.22. The van der Waals surface area contributed by atoms with Gasteiger partial charge in [0, 0.05) is 26.2 Å². The Kier molecular flexibility index (Phi) is 6.48. The number of sulfonamides is 1. The minimum atomic E-state index is -3.64. The second kappa shape index (κ2) is 9.30. The van der Waals surface area contributed by atoms with E-state index in [0.29, 0.717) is 38.5 Å². The molecule has 5 aliphatic rings. The third-order valence-electron chi connectivity index (χ3n) is 8.64. The molecule has 9 heteroatoms. The fourth-order valence-electron chi connectivity index (χ4n) is 7.42. The zero-order valence-corrected chi connectivity index (χ0v) is 21.6. The van der Waals surface area contributed by atoms with E-state index in [0.717, 1.165) is 24.0 Å². The summed E-state index contributed by atoms with van der Waals surface area (Å²) in [6, 6.07) is 7.95. The van der Waals surface area contributed by atoms with E-state index in [1.54, 1.807) is 16.7 Å². The minimum Gasteiger partial charge on any atom is -0.450 e. The summed E-state index contributed by atoms with van der Waals surface area (Å²) < 4.78 is 31.5. The van der Waals surface area contributed by atoms with Crippen LogP contribution in [0.2, 0.25) is 0 Å². The molecule has 4 saturated carbocycles. The van der Waals surface area contributed by atoms with Gasteiger partial charge in [0.05, 0.1) is 18.6 Å². The van der Waals surface area contributed by atoms with Crippen LogP contribution in [-0.2, 0) is 25.0 Å². The van der Waals surface area contributed by atoms with Crippen LogP contribution in [0.15, 0.2) is 24.3 Å². The highest BCUT2D eigenvalue weighted by atomic mass is 32.2. The van der Waals surface area contributed by atoms with Crippen LogP contribution in [0.1, 0.15) is 51.0 Å². The molecule has 1 heterocycles. The second-order valence-electron chi connectivity index (χ2n) is 11.1. The molecule has 192 valence electrons. The van der Waals surface area contributed by atoms with Crippen LogP contribution >= 0.6 is 0 Å². The summed E-state index contributed by atoms with van der Waals surface area (Å²) in [7, 11) is -3.64. The first-order chi connectivity index (χ1) is 16.7. The lowest BCUT2D eigenvalue weighted by atomic mass is 9.48. The van der Waals surface area contributed by atoms with Crippen LogP contribution < -0.4 is 4.31 Å². The third kappa shape index (κ3) is 4.88. The molecule has 5 fully saturated rings. The van der Waals surface area contributed by atoms with Gasteiger partial charge in [-0.1, -0.05) is 12.1 Å². The van der Waals surface area contributed by atoms with E-state index in [9.17, 15) is 18.0 Å². The van der Waals surface area contributed by atoms with Crippen LogP contribution in [0.3, 0.4) is 0 Å². The van der Waals surface area contributed by atoms with Crippen molar-refractivity contribution in [1.29, 1.82) is 0 Å². The molecule has 1 aliphatic heterocycles. The zero-order valence-electron chi connectivity index (χ0n) is 20.8. The number of anilines is 1. The van der Waals surface area contributed by atoms with Crippen molar-refractivity contribution in [3.05, 3.63) is 29.8 Å². The number of amides is 2. The first kappa shape index (κ1) is 24.4. The first-order valence-corrected chi connectivity index (χ1v) is 14.8. The van der Waals surface area contributed by atoms with Gasteiger partial charge in [-0.15, -0.1) is 0 Å². The number of benzene rings is 1. The van der Waals surface area contributed by atoms with Crippen LogP contribution in [0, 0.1) is 17.8 Å². The molecule has 8 nitrogen and oxygen atoms in total. The number of piperazine rings is 1. The summed E-state index contributed by atoms with van der Waals surface area (Å²) in [5.41, 5.74) is 2.10. The van der Waals surface area contributed by atoms with E-state index in [2.05, 4.69) is 12.1 Å². The molecule has 1 saturated heterocycles. The molecule has 1 aromatic carbocycles. The average molecular weight is 504 g/mol. The molecular formula is C26H37N3O5S. The van der Waals surface area contributed by atoms with E-state index in [1.165, 1.54) is 48.4 Å². The molecule has 0 atom stereocenters. The number of nitrogens with zero attached hydrogens (tertiary/aromatic N) is 3. The van der Waals surface area contributed by atoms with Crippen LogP contribution in [0.5, 0.6) is 0 Å². The quantitative estimate of drug-likeness (QED) is 0.595. The van der Waals surface area contributed by atoms with Gasteiger partial charge in [-0.25, -0.2) is 13.2 Å². The molecule has 2 amide bonds. The number of ether oxygens (including phenoxy) is 1. The number of hydrogen-bond acceptors (Lipinski definition) is 5. The van der Waals surface area contributed by atoms with Gasteiger partial charge in [0.25, 0.3) is 0 Å². The van der Waals surface area contributed by atoms with Crippen molar-refractivity contribution in [3.63, 3.8) is 0 Å². The lowest BCUT2D eigenvalue weighted by Gasteiger charge is -2.57. The summed E-state index contributed by atoms with van der Waals surface area (Å²) in [6.45, 7) is 3.30. The standard InChI is InChI=1S/C26H37N3O5S/c1-3-34-25(31)28-10-8-27(9-11-28)24(30)18-29(35(2,32)33)23-6-4-22(5-7-23)26-15-19-12-20(16-26)14-21(13-19)17-26/h4-7,19-21H,3,8-18H2,1-2H3. The molecule has 4 aliphatic carbocycles. The van der Waals surface area contributed by atoms with E-state index in [1.807, 2.05) is 12.1 Å². The lowest BCUT2D eigenvalue weighted by Crippen LogP contribution is -2.53. The number of carbonyl (C=O) groups is 2. The second-order valence-corrected chi connectivity index (χ2v) is 13.0. The topological polar surface area (TPSA) is 87.2 Å². The van der Waals surface area contributed by atoms with Crippen molar-refractivity contribution < 1.29 is 22.7 Å². The summed E-state index contributed by atoms with van der Waals surface area (Å²) in [5, 5.41) is 0. The van der Waals surface area contributed by atoms with Gasteiger partial charge < -0.3 is 14.5 Å². The van der Waals surface area contributed by atoms with Gasteiger partial charge in [-0.2, -0.15) is 0 Å². The van der Waals surface area contributed by atoms with Gasteiger partial charge in [-0.3, -0.25) is 9.10 Å². The number of hydrogen-bond donors (Lipinski definition) is 0. The fraction of sp³-hybridized carbons (Fsp3) is 0.692. The molecule has 35 heavy (non-hydrogen) atoms. The Bertz CT molecular complexity index is 1030. The van der Waals surface area contributed by atoms with Crippen molar-refractivity contribution in [2.75, 3.05) is 49.9 Å². The van der Waals surface area contributed by atoms with E-state index < -0.39 is 10.0 Å². The maximum Gasteiger partial charge on any atom is 0.409 e. The Morgan fingerprint density at radius 3 is 1.94 bits per heavy atom. The SMILES string of the molecule is CCOC(=O)N1CCN(C(=O)CN(c2ccc(C34CC5CC(CC(C5)C3)C4)cc2)S(C)(=O)=O)CC1. The summed E-state index contributed by atoms with van der Waals surface area (Å²) >= 11 is 0. The van der Waals surface area contributed by atoms with Crippen LogP contribution in [-0.4, -0.2) is 75.8 Å². The van der Waals surface area contributed by atoms with E-state index in [-0.39, 0.29) is 24.0 Å². The molecule has 0 N–H and O–H groups in total. The Hall–Kier alpha value is -2.29. The fourth-order valence-corrected chi connectivity index (χ4v) is 8.27. The first-order valence-electron chi connectivity index (χ1n) is 12.9. The lowest BCUT2D eigenvalue weighted by molar-refractivity contribution is -0.131. The molecule has 0 aromatic heterocycles. The largest absolute Gasteiger partial charge is 0.450 e. The van der Waals surface area contributed by atoms with Crippen LogP contribution in [0.4, 0.5) is 10.5 Å². The van der Waals surface area contributed by atoms with Crippen molar-refractivity contribution in [1.82, 2.24) is 9.80 Å². The Morgan fingerprint density at radius 2 is 1.46 bits per heavy atom. The molecule has 6 rings (SSSR count). The summed E-state index contributed by atoms with van der Waals surface area (Å²) in [4.78, 5) is 28.1. The highest BCUT2D eigenvalue weighted by molar-refractivity contribution is 7.92. The van der Waals surface area contributed by atoms with E-state index >= 15 is 0 Å². The van der Waals surface area contributed by atoms with Gasteiger partial charge in [0.2, 0.25) is 15.9 Å². The molecule has 0 unspecified atom stereocenters. The maximum absolute atomic E-state index is 13.0. The average Bonchev–Trinajstić information content (AvgIpc) is 2.81. The number of rotatable bonds is 6. The normalized spacial score (nSPS) is 29.8. The third-order valence-corrected chi connectivity index (χ3v) is 9.78. The molecule has 0 spiro atoms. The van der Waals surface area contributed by atoms with Crippen molar-refractivity contribution in [3.8, 4) is 0 Å². The predicted molar refractivity (Wildman–Crippen MR) is 134 cm³/mol.